The monoisotopic (exact) mass is 292 g/mol. The molecule has 0 heterocycles. The molecule has 0 radical (unpaired) electrons. The molecule has 2 aromatic carbocycles. The van der Waals surface area contributed by atoms with Crippen LogP contribution in [0.5, 0.6) is 5.75 Å². The molecule has 1 atom stereocenters. The summed E-state index contributed by atoms with van der Waals surface area (Å²) in [5, 5.41) is 0.501. The molecular formula is C16H14ClFO2. The minimum atomic E-state index is -0.669. The van der Waals surface area contributed by atoms with E-state index < -0.39 is 6.10 Å². The van der Waals surface area contributed by atoms with E-state index in [1.54, 1.807) is 38.1 Å². The summed E-state index contributed by atoms with van der Waals surface area (Å²) < 4.78 is 18.6. The van der Waals surface area contributed by atoms with Crippen LogP contribution in [-0.4, -0.2) is 11.9 Å². The van der Waals surface area contributed by atoms with Crippen LogP contribution in [0, 0.1) is 12.7 Å². The maximum atomic E-state index is 13.0. The van der Waals surface area contributed by atoms with Gasteiger partial charge in [-0.05, 0) is 49.7 Å². The Morgan fingerprint density at radius 1 is 1.25 bits per heavy atom. The van der Waals surface area contributed by atoms with E-state index in [1.807, 2.05) is 0 Å². The quantitative estimate of drug-likeness (QED) is 0.779. The lowest BCUT2D eigenvalue weighted by Crippen LogP contribution is -2.24. The van der Waals surface area contributed by atoms with Gasteiger partial charge in [-0.1, -0.05) is 23.7 Å². The van der Waals surface area contributed by atoms with Crippen LogP contribution in [0.25, 0.3) is 0 Å². The van der Waals surface area contributed by atoms with E-state index >= 15 is 0 Å². The van der Waals surface area contributed by atoms with Gasteiger partial charge in [0.1, 0.15) is 11.6 Å². The first-order valence-corrected chi connectivity index (χ1v) is 6.58. The number of carbonyl (C=O) groups excluding carboxylic acids is 1. The fourth-order valence-electron chi connectivity index (χ4n) is 1.87. The molecule has 0 fully saturated rings. The number of halogens is 2. The summed E-state index contributed by atoms with van der Waals surface area (Å²) in [5.41, 5.74) is 1.14. The van der Waals surface area contributed by atoms with Crippen LogP contribution in [0.3, 0.4) is 0 Å². The summed E-state index contributed by atoms with van der Waals surface area (Å²) in [7, 11) is 0. The van der Waals surface area contributed by atoms with Crippen LogP contribution in [0.1, 0.15) is 22.8 Å². The molecule has 0 amide bonds. The summed E-state index contributed by atoms with van der Waals surface area (Å²) in [5.74, 6) is -0.00539. The maximum absolute atomic E-state index is 13.0. The second-order valence-corrected chi connectivity index (χ2v) is 4.98. The molecule has 0 bridgehead atoms. The first kappa shape index (κ1) is 14.5. The van der Waals surface area contributed by atoms with E-state index in [0.717, 1.165) is 0 Å². The average molecular weight is 293 g/mol. The summed E-state index contributed by atoms with van der Waals surface area (Å²) in [6.45, 7) is 3.39. The van der Waals surface area contributed by atoms with Crippen LogP contribution < -0.4 is 4.74 Å². The number of carbonyl (C=O) groups is 1. The van der Waals surface area contributed by atoms with Gasteiger partial charge < -0.3 is 4.74 Å². The number of benzene rings is 2. The van der Waals surface area contributed by atoms with Crippen molar-refractivity contribution in [2.45, 2.75) is 20.0 Å². The van der Waals surface area contributed by atoms with Crippen LogP contribution in [0.2, 0.25) is 5.02 Å². The van der Waals surface area contributed by atoms with Gasteiger partial charge >= 0.3 is 0 Å². The molecule has 2 aromatic rings. The van der Waals surface area contributed by atoms with E-state index in [2.05, 4.69) is 0 Å². The van der Waals surface area contributed by atoms with Crippen molar-refractivity contribution in [1.82, 2.24) is 0 Å². The number of ether oxygens (including phenoxy) is 1. The smallest absolute Gasteiger partial charge is 0.203 e. The molecule has 0 saturated heterocycles. The van der Waals surface area contributed by atoms with E-state index in [0.29, 0.717) is 21.9 Å². The minimum Gasteiger partial charge on any atom is -0.482 e. The Morgan fingerprint density at radius 3 is 2.65 bits per heavy atom. The van der Waals surface area contributed by atoms with Crippen molar-refractivity contribution in [3.8, 4) is 5.75 Å². The zero-order valence-electron chi connectivity index (χ0n) is 11.2. The van der Waals surface area contributed by atoms with Crippen LogP contribution in [0.15, 0.2) is 42.5 Å². The van der Waals surface area contributed by atoms with Gasteiger partial charge in [-0.3, -0.25) is 4.79 Å². The maximum Gasteiger partial charge on any atom is 0.203 e. The largest absolute Gasteiger partial charge is 0.482 e. The van der Waals surface area contributed by atoms with Crippen molar-refractivity contribution < 1.29 is 13.9 Å². The molecule has 4 heteroatoms. The number of Topliss-reactive ketones (excluding diaryl/α,β-unsaturated/α-hetero) is 1. The molecule has 0 aliphatic heterocycles. The van der Waals surface area contributed by atoms with Crippen LogP contribution >= 0.6 is 11.6 Å². The molecular weight excluding hydrogens is 279 g/mol. The number of ketones is 1. The molecule has 0 aliphatic rings. The molecule has 1 unspecified atom stereocenters. The third kappa shape index (κ3) is 3.36. The molecule has 0 spiro atoms. The molecule has 0 N–H and O–H groups in total. The molecule has 0 aromatic heterocycles. The topological polar surface area (TPSA) is 26.3 Å². The molecule has 2 nitrogen and oxygen atoms in total. The first-order valence-electron chi connectivity index (χ1n) is 6.20. The normalized spacial score (nSPS) is 12.0. The molecule has 0 aliphatic carbocycles. The zero-order chi connectivity index (χ0) is 14.7. The fraction of sp³-hybridized carbons (Fsp3) is 0.188. The van der Waals surface area contributed by atoms with Crippen molar-refractivity contribution >= 4 is 17.4 Å². The Morgan fingerprint density at radius 2 is 2.00 bits per heavy atom. The van der Waals surface area contributed by atoms with Crippen LogP contribution in [-0.2, 0) is 0 Å². The number of rotatable bonds is 4. The van der Waals surface area contributed by atoms with Crippen molar-refractivity contribution in [3.63, 3.8) is 0 Å². The number of hydrogen-bond acceptors (Lipinski definition) is 2. The minimum absolute atomic E-state index is 0.170. The third-order valence-electron chi connectivity index (χ3n) is 2.92. The van der Waals surface area contributed by atoms with E-state index in [-0.39, 0.29) is 11.6 Å². The van der Waals surface area contributed by atoms with Gasteiger partial charge in [0.25, 0.3) is 0 Å². The predicted molar refractivity (Wildman–Crippen MR) is 77.0 cm³/mol. The second-order valence-electron chi connectivity index (χ2n) is 4.54. The van der Waals surface area contributed by atoms with E-state index in [1.165, 1.54) is 18.2 Å². The highest BCUT2D eigenvalue weighted by Crippen LogP contribution is 2.21. The second kappa shape index (κ2) is 6.06. The zero-order valence-corrected chi connectivity index (χ0v) is 11.9. The van der Waals surface area contributed by atoms with Gasteiger partial charge in [0.05, 0.1) is 0 Å². The fourth-order valence-corrected chi connectivity index (χ4v) is 2.06. The van der Waals surface area contributed by atoms with Crippen molar-refractivity contribution in [3.05, 3.63) is 64.4 Å². The molecule has 2 rings (SSSR count). The highest BCUT2D eigenvalue weighted by molar-refractivity contribution is 6.31. The lowest BCUT2D eigenvalue weighted by molar-refractivity contribution is 0.0817. The van der Waals surface area contributed by atoms with Gasteiger partial charge in [-0.25, -0.2) is 4.39 Å². The molecule has 104 valence electrons. The third-order valence-corrected chi connectivity index (χ3v) is 3.15. The summed E-state index contributed by atoms with van der Waals surface area (Å²) in [6, 6.07) is 10.9. The average Bonchev–Trinajstić information content (AvgIpc) is 2.41. The van der Waals surface area contributed by atoms with Gasteiger partial charge in [0, 0.05) is 10.6 Å². The van der Waals surface area contributed by atoms with Crippen LogP contribution in [0.4, 0.5) is 4.39 Å². The summed E-state index contributed by atoms with van der Waals surface area (Å²) in [4.78, 5) is 12.2. The number of hydrogen-bond donors (Lipinski definition) is 0. The van der Waals surface area contributed by atoms with E-state index in [9.17, 15) is 9.18 Å². The SMILES string of the molecule is Cc1cc(F)ccc1OC(C)C(=O)c1cccc(Cl)c1. The highest BCUT2D eigenvalue weighted by Gasteiger charge is 2.18. The van der Waals surface area contributed by atoms with Gasteiger partial charge in [-0.2, -0.15) is 0 Å². The Hall–Kier alpha value is -1.87. The summed E-state index contributed by atoms with van der Waals surface area (Å²) >= 11 is 5.86. The summed E-state index contributed by atoms with van der Waals surface area (Å²) in [6.07, 6.45) is -0.669. The molecule has 20 heavy (non-hydrogen) atoms. The lowest BCUT2D eigenvalue weighted by Gasteiger charge is -2.15. The molecule has 0 saturated carbocycles. The Balaban J connectivity index is 2.15. The first-order chi connectivity index (χ1) is 9.47. The standard InChI is InChI=1S/C16H14ClFO2/c1-10-8-14(18)6-7-15(10)20-11(2)16(19)12-4-3-5-13(17)9-12/h3-9,11H,1-2H3. The van der Waals surface area contributed by atoms with Crippen molar-refractivity contribution in [2.75, 3.05) is 0 Å². The van der Waals surface area contributed by atoms with Gasteiger partial charge in [-0.15, -0.1) is 0 Å². The number of aryl methyl sites for hydroxylation is 1. The van der Waals surface area contributed by atoms with Gasteiger partial charge in [0.15, 0.2) is 6.10 Å². The lowest BCUT2D eigenvalue weighted by atomic mass is 10.1. The van der Waals surface area contributed by atoms with Gasteiger partial charge in [0.2, 0.25) is 5.78 Å². The van der Waals surface area contributed by atoms with Crippen molar-refractivity contribution in [1.29, 1.82) is 0 Å². The Labute approximate surface area is 122 Å². The predicted octanol–water partition coefficient (Wildman–Crippen LogP) is 4.44. The highest BCUT2D eigenvalue weighted by atomic mass is 35.5. The van der Waals surface area contributed by atoms with E-state index in [4.69, 9.17) is 16.3 Å². The Bertz CT molecular complexity index is 640. The Kier molecular flexibility index (Phi) is 4.40. The van der Waals surface area contributed by atoms with Crippen molar-refractivity contribution in [2.24, 2.45) is 0 Å².